The number of aryl methyl sites for hydroxylation is 2. The van der Waals surface area contributed by atoms with Gasteiger partial charge in [0, 0.05) is 55.0 Å². The summed E-state index contributed by atoms with van der Waals surface area (Å²) in [6.07, 6.45) is 3.96. The van der Waals surface area contributed by atoms with Gasteiger partial charge < -0.3 is 15.4 Å². The predicted molar refractivity (Wildman–Crippen MR) is 110 cm³/mol. The average Bonchev–Trinajstić information content (AvgIpc) is 3.31. The van der Waals surface area contributed by atoms with Crippen molar-refractivity contribution in [3.05, 3.63) is 41.7 Å². The van der Waals surface area contributed by atoms with Gasteiger partial charge in [0.15, 0.2) is 0 Å². The molecule has 156 valence electrons. The minimum Gasteiger partial charge on any atom is -0.370 e. The fourth-order valence-corrected chi connectivity index (χ4v) is 5.40. The molecule has 4 atom stereocenters. The predicted octanol–water partition coefficient (Wildman–Crippen LogP) is 1.21. The van der Waals surface area contributed by atoms with Crippen molar-refractivity contribution in [2.24, 2.45) is 11.8 Å². The van der Waals surface area contributed by atoms with E-state index in [0.717, 1.165) is 37.3 Å². The third-order valence-corrected chi connectivity index (χ3v) is 6.51. The number of rotatable bonds is 7. The Kier molecular flexibility index (Phi) is 5.44. The molecule has 0 unspecified atom stereocenters. The van der Waals surface area contributed by atoms with Crippen LogP contribution in [0.1, 0.15) is 34.6 Å². The molecule has 7 heteroatoms. The van der Waals surface area contributed by atoms with Crippen LogP contribution in [0.5, 0.6) is 0 Å². The van der Waals surface area contributed by atoms with E-state index in [-0.39, 0.29) is 29.4 Å². The van der Waals surface area contributed by atoms with Crippen molar-refractivity contribution in [3.63, 3.8) is 0 Å². The van der Waals surface area contributed by atoms with E-state index in [4.69, 9.17) is 4.74 Å². The quantitative estimate of drug-likeness (QED) is 0.675. The molecular weight excluding hydrogens is 368 g/mol. The van der Waals surface area contributed by atoms with E-state index in [1.807, 2.05) is 26.0 Å². The van der Waals surface area contributed by atoms with Gasteiger partial charge in [0.05, 0.1) is 18.2 Å². The van der Waals surface area contributed by atoms with Gasteiger partial charge in [-0.15, -0.1) is 6.58 Å². The van der Waals surface area contributed by atoms with E-state index in [2.05, 4.69) is 27.1 Å². The Morgan fingerprint density at radius 3 is 2.83 bits per heavy atom. The highest BCUT2D eigenvalue weighted by Gasteiger charge is 2.62. The molecule has 3 fully saturated rings. The molecule has 0 saturated carbocycles. The van der Waals surface area contributed by atoms with Crippen LogP contribution in [0, 0.1) is 25.7 Å². The zero-order chi connectivity index (χ0) is 20.6. The molecule has 0 aromatic carbocycles. The Balaban J connectivity index is 1.37. The standard InChI is InChI=1S/C22H30N4O3/c1-4-7-23-20(27)12-26-11-18-17(19-5-6-22(18,13-26)29-19)10-24-21(28)16-8-14(2)25-15(3)9-16/h4,8-9,17-19H,1,5-7,10-13H2,2-3H3,(H,23,27)(H,24,28)/t17-,18+,19+,22+/m0/s1. The zero-order valence-corrected chi connectivity index (χ0v) is 17.2. The SMILES string of the molecule is C=CCNC(=O)CN1C[C@@H]2[C@H](CNC(=O)c3cc(C)nc(C)c3)[C@H]3CC[C@]2(C1)O3. The van der Waals surface area contributed by atoms with Crippen molar-refractivity contribution in [1.82, 2.24) is 20.5 Å². The number of hydrogen-bond donors (Lipinski definition) is 2. The largest absolute Gasteiger partial charge is 0.370 e. The maximum absolute atomic E-state index is 12.7. The van der Waals surface area contributed by atoms with Crippen LogP contribution in [0.25, 0.3) is 0 Å². The van der Waals surface area contributed by atoms with Crippen molar-refractivity contribution in [3.8, 4) is 0 Å². The Morgan fingerprint density at radius 1 is 1.34 bits per heavy atom. The lowest BCUT2D eigenvalue weighted by molar-refractivity contribution is -0.122. The molecule has 2 bridgehead atoms. The summed E-state index contributed by atoms with van der Waals surface area (Å²) < 4.78 is 6.41. The van der Waals surface area contributed by atoms with E-state index in [9.17, 15) is 9.59 Å². The number of carbonyl (C=O) groups excluding carboxylic acids is 2. The molecule has 1 aromatic rings. The first-order valence-electron chi connectivity index (χ1n) is 10.4. The number of amides is 2. The fourth-order valence-electron chi connectivity index (χ4n) is 5.40. The van der Waals surface area contributed by atoms with Gasteiger partial charge >= 0.3 is 0 Å². The summed E-state index contributed by atoms with van der Waals surface area (Å²) in [4.78, 5) is 31.3. The molecule has 0 radical (unpaired) electrons. The maximum Gasteiger partial charge on any atom is 0.251 e. The Morgan fingerprint density at radius 2 is 2.10 bits per heavy atom. The number of ether oxygens (including phenoxy) is 1. The van der Waals surface area contributed by atoms with Gasteiger partial charge in [0.2, 0.25) is 5.91 Å². The lowest BCUT2D eigenvalue weighted by atomic mass is 9.73. The first kappa shape index (κ1) is 20.0. The van der Waals surface area contributed by atoms with Crippen LogP contribution in [0.4, 0.5) is 0 Å². The summed E-state index contributed by atoms with van der Waals surface area (Å²) in [6.45, 7) is 10.5. The summed E-state index contributed by atoms with van der Waals surface area (Å²) in [7, 11) is 0. The summed E-state index contributed by atoms with van der Waals surface area (Å²) in [6, 6.07) is 3.64. The molecule has 0 aliphatic carbocycles. The van der Waals surface area contributed by atoms with Gasteiger partial charge in [-0.05, 0) is 38.8 Å². The monoisotopic (exact) mass is 398 g/mol. The molecule has 2 N–H and O–H groups in total. The van der Waals surface area contributed by atoms with Gasteiger partial charge in [0.25, 0.3) is 5.91 Å². The van der Waals surface area contributed by atoms with Gasteiger partial charge in [0.1, 0.15) is 0 Å². The minimum absolute atomic E-state index is 0.0177. The molecule has 3 aliphatic rings. The van der Waals surface area contributed by atoms with Crippen LogP contribution in [0.3, 0.4) is 0 Å². The Labute approximate surface area is 171 Å². The van der Waals surface area contributed by atoms with Crippen LogP contribution in [-0.2, 0) is 9.53 Å². The van der Waals surface area contributed by atoms with Crippen LogP contribution in [0.15, 0.2) is 24.8 Å². The molecular formula is C22H30N4O3. The molecule has 2 amide bonds. The fraction of sp³-hybridized carbons (Fsp3) is 0.591. The van der Waals surface area contributed by atoms with Crippen LogP contribution >= 0.6 is 0 Å². The number of likely N-dealkylation sites (tertiary alicyclic amines) is 1. The van der Waals surface area contributed by atoms with Crippen LogP contribution in [-0.4, -0.2) is 66.1 Å². The second-order valence-electron chi connectivity index (χ2n) is 8.64. The number of fused-ring (bicyclic) bond motifs is 1. The first-order valence-corrected chi connectivity index (χ1v) is 10.4. The molecule has 1 aromatic heterocycles. The van der Waals surface area contributed by atoms with E-state index in [1.54, 1.807) is 6.08 Å². The number of hydrogen-bond acceptors (Lipinski definition) is 5. The lowest BCUT2D eigenvalue weighted by Gasteiger charge is -2.29. The maximum atomic E-state index is 12.7. The topological polar surface area (TPSA) is 83.6 Å². The van der Waals surface area contributed by atoms with Crippen molar-refractivity contribution < 1.29 is 14.3 Å². The summed E-state index contributed by atoms with van der Waals surface area (Å²) in [5.74, 6) is 0.603. The van der Waals surface area contributed by atoms with E-state index in [1.165, 1.54) is 0 Å². The average molecular weight is 399 g/mol. The molecule has 3 saturated heterocycles. The molecule has 4 rings (SSSR count). The minimum atomic E-state index is -0.150. The number of nitrogens with one attached hydrogen (secondary N) is 2. The van der Waals surface area contributed by atoms with E-state index >= 15 is 0 Å². The first-order chi connectivity index (χ1) is 13.9. The van der Waals surface area contributed by atoms with Crippen molar-refractivity contribution in [1.29, 1.82) is 0 Å². The summed E-state index contributed by atoms with van der Waals surface area (Å²) >= 11 is 0. The summed E-state index contributed by atoms with van der Waals surface area (Å²) in [5.41, 5.74) is 2.19. The molecule has 29 heavy (non-hydrogen) atoms. The number of carbonyl (C=O) groups is 2. The smallest absolute Gasteiger partial charge is 0.251 e. The van der Waals surface area contributed by atoms with Gasteiger partial charge in [-0.3, -0.25) is 19.5 Å². The van der Waals surface area contributed by atoms with E-state index in [0.29, 0.717) is 31.1 Å². The zero-order valence-electron chi connectivity index (χ0n) is 17.2. The number of nitrogens with zero attached hydrogens (tertiary/aromatic N) is 2. The third-order valence-electron chi connectivity index (χ3n) is 6.51. The Hall–Kier alpha value is -2.25. The van der Waals surface area contributed by atoms with E-state index < -0.39 is 0 Å². The van der Waals surface area contributed by atoms with Gasteiger partial charge in [-0.25, -0.2) is 0 Å². The molecule has 4 heterocycles. The van der Waals surface area contributed by atoms with Crippen LogP contribution in [0.2, 0.25) is 0 Å². The van der Waals surface area contributed by atoms with Gasteiger partial charge in [-0.1, -0.05) is 6.08 Å². The van der Waals surface area contributed by atoms with Crippen LogP contribution < -0.4 is 10.6 Å². The van der Waals surface area contributed by atoms with Crippen molar-refractivity contribution in [2.75, 3.05) is 32.7 Å². The third kappa shape index (κ3) is 3.94. The second kappa shape index (κ2) is 7.88. The molecule has 1 spiro atoms. The highest BCUT2D eigenvalue weighted by atomic mass is 16.5. The highest BCUT2D eigenvalue weighted by molar-refractivity contribution is 5.94. The number of pyridine rings is 1. The van der Waals surface area contributed by atoms with Gasteiger partial charge in [-0.2, -0.15) is 0 Å². The van der Waals surface area contributed by atoms with Crippen molar-refractivity contribution >= 4 is 11.8 Å². The molecule has 3 aliphatic heterocycles. The summed E-state index contributed by atoms with van der Waals surface area (Å²) in [5, 5.41) is 5.96. The molecule has 7 nitrogen and oxygen atoms in total. The lowest BCUT2D eigenvalue weighted by Crippen LogP contribution is -2.41. The Bertz CT molecular complexity index is 806. The van der Waals surface area contributed by atoms with Crippen molar-refractivity contribution in [2.45, 2.75) is 38.4 Å². The number of aromatic nitrogens is 1. The second-order valence-corrected chi connectivity index (χ2v) is 8.64. The normalized spacial score (nSPS) is 30.2. The highest BCUT2D eigenvalue weighted by Crippen LogP contribution is 2.54.